The lowest BCUT2D eigenvalue weighted by Gasteiger charge is -2.16. The number of rotatable bonds is 5. The van der Waals surface area contributed by atoms with E-state index >= 15 is 0 Å². The Labute approximate surface area is 163 Å². The van der Waals surface area contributed by atoms with Gasteiger partial charge in [0, 0.05) is 12.3 Å². The summed E-state index contributed by atoms with van der Waals surface area (Å²) in [5, 5.41) is 11.9. The van der Waals surface area contributed by atoms with Crippen LogP contribution < -0.4 is 4.74 Å². The van der Waals surface area contributed by atoms with E-state index in [4.69, 9.17) is 9.15 Å². The van der Waals surface area contributed by atoms with Crippen LogP contribution in [0, 0.1) is 0 Å². The molecule has 0 radical (unpaired) electrons. The van der Waals surface area contributed by atoms with Crippen LogP contribution in [0.2, 0.25) is 0 Å². The summed E-state index contributed by atoms with van der Waals surface area (Å²) in [5.74, 6) is 0.980. The first-order chi connectivity index (χ1) is 13.9. The van der Waals surface area contributed by atoms with Crippen molar-refractivity contribution in [1.82, 2.24) is 24.8 Å². The van der Waals surface area contributed by atoms with Gasteiger partial charge in [-0.05, 0) is 46.9 Å². The third-order valence-electron chi connectivity index (χ3n) is 4.23. The van der Waals surface area contributed by atoms with Gasteiger partial charge in [0.2, 0.25) is 12.5 Å². The highest BCUT2D eigenvalue weighted by molar-refractivity contribution is 7.12. The van der Waals surface area contributed by atoms with Crippen molar-refractivity contribution < 1.29 is 9.15 Å². The van der Waals surface area contributed by atoms with Crippen LogP contribution in [0.5, 0.6) is 5.75 Å². The lowest BCUT2D eigenvalue weighted by Crippen LogP contribution is -2.12. The molecule has 3 aromatic heterocycles. The van der Waals surface area contributed by atoms with Crippen molar-refractivity contribution in [2.45, 2.75) is 6.10 Å². The Kier molecular flexibility index (Phi) is 4.23. The lowest BCUT2D eigenvalue weighted by molar-refractivity contribution is 0.203. The normalized spacial score (nSPS) is 12.1. The van der Waals surface area contributed by atoms with Gasteiger partial charge in [-0.15, -0.1) is 15.3 Å². The minimum atomic E-state index is -0.635. The SMILES string of the molecule is c1ccc(-c2ccnc(C(Oc3ccc4nnsc4c3)c3nnco3)c2)cc1. The number of hydrogen-bond acceptors (Lipinski definition) is 8. The average Bonchev–Trinajstić information content (AvgIpc) is 3.44. The Hall–Kier alpha value is -3.65. The van der Waals surface area contributed by atoms with Crippen molar-refractivity contribution in [2.75, 3.05) is 0 Å². The molecule has 0 spiro atoms. The highest BCUT2D eigenvalue weighted by Crippen LogP contribution is 2.30. The van der Waals surface area contributed by atoms with Gasteiger partial charge in [-0.3, -0.25) is 4.98 Å². The van der Waals surface area contributed by atoms with Crippen LogP contribution >= 0.6 is 11.5 Å². The third-order valence-corrected chi connectivity index (χ3v) is 4.92. The molecule has 0 aliphatic rings. The second kappa shape index (κ2) is 7.16. The molecule has 0 fully saturated rings. The highest BCUT2D eigenvalue weighted by Gasteiger charge is 2.24. The van der Waals surface area contributed by atoms with Crippen molar-refractivity contribution in [3.8, 4) is 16.9 Å². The van der Waals surface area contributed by atoms with Crippen molar-refractivity contribution >= 4 is 21.7 Å². The summed E-state index contributed by atoms with van der Waals surface area (Å²) in [7, 11) is 0. The maximum absolute atomic E-state index is 6.21. The van der Waals surface area contributed by atoms with E-state index in [1.807, 2.05) is 60.7 Å². The Morgan fingerprint density at radius 1 is 0.929 bits per heavy atom. The zero-order valence-corrected chi connectivity index (χ0v) is 15.3. The van der Waals surface area contributed by atoms with Crippen molar-refractivity contribution in [3.63, 3.8) is 0 Å². The van der Waals surface area contributed by atoms with Crippen LogP contribution in [0.1, 0.15) is 17.7 Å². The predicted octanol–water partition coefficient (Wildman–Crippen LogP) is 4.30. The second-order valence-corrected chi connectivity index (χ2v) is 6.80. The molecule has 5 rings (SSSR count). The fourth-order valence-corrected chi connectivity index (χ4v) is 3.49. The van der Waals surface area contributed by atoms with E-state index in [0.717, 1.165) is 21.3 Å². The molecular formula is C20H13N5O2S. The quantitative estimate of drug-likeness (QED) is 0.444. The number of ether oxygens (including phenoxy) is 1. The van der Waals surface area contributed by atoms with Crippen LogP contribution in [-0.2, 0) is 0 Å². The van der Waals surface area contributed by atoms with Crippen LogP contribution in [-0.4, -0.2) is 24.8 Å². The molecule has 5 aromatic rings. The number of pyridine rings is 1. The first-order valence-electron chi connectivity index (χ1n) is 8.53. The van der Waals surface area contributed by atoms with Gasteiger partial charge in [0.15, 0.2) is 0 Å². The van der Waals surface area contributed by atoms with E-state index < -0.39 is 6.10 Å². The maximum atomic E-state index is 6.21. The summed E-state index contributed by atoms with van der Waals surface area (Å²) < 4.78 is 16.5. The number of hydrogen-bond donors (Lipinski definition) is 0. The minimum Gasteiger partial charge on any atom is -0.474 e. The van der Waals surface area contributed by atoms with Gasteiger partial charge in [0.25, 0.3) is 5.89 Å². The van der Waals surface area contributed by atoms with Gasteiger partial charge in [-0.2, -0.15) is 0 Å². The first-order valence-corrected chi connectivity index (χ1v) is 9.30. The maximum Gasteiger partial charge on any atom is 0.263 e. The third kappa shape index (κ3) is 3.21. The van der Waals surface area contributed by atoms with Crippen LogP contribution in [0.4, 0.5) is 0 Å². The van der Waals surface area contributed by atoms with Gasteiger partial charge < -0.3 is 9.15 Å². The molecule has 0 amide bonds. The summed E-state index contributed by atoms with van der Waals surface area (Å²) in [6.45, 7) is 0. The Bertz CT molecular complexity index is 1210. The molecule has 2 aromatic carbocycles. The average molecular weight is 387 g/mol. The molecule has 0 aliphatic heterocycles. The predicted molar refractivity (Wildman–Crippen MR) is 104 cm³/mol. The number of fused-ring (bicyclic) bond motifs is 1. The minimum absolute atomic E-state index is 0.334. The van der Waals surface area contributed by atoms with E-state index in [1.54, 1.807) is 6.20 Å². The van der Waals surface area contributed by atoms with E-state index in [-0.39, 0.29) is 0 Å². The molecule has 1 unspecified atom stereocenters. The molecule has 0 bridgehead atoms. The molecule has 0 aliphatic carbocycles. The largest absolute Gasteiger partial charge is 0.474 e. The lowest BCUT2D eigenvalue weighted by atomic mass is 10.0. The number of benzene rings is 2. The fourth-order valence-electron chi connectivity index (χ4n) is 2.90. The molecule has 136 valence electrons. The van der Waals surface area contributed by atoms with Gasteiger partial charge >= 0.3 is 0 Å². The summed E-state index contributed by atoms with van der Waals surface area (Å²) in [6, 6.07) is 19.6. The molecule has 1 atom stereocenters. The number of aromatic nitrogens is 5. The van der Waals surface area contributed by atoms with E-state index in [0.29, 0.717) is 17.3 Å². The van der Waals surface area contributed by atoms with Gasteiger partial charge in [0.1, 0.15) is 11.3 Å². The standard InChI is InChI=1S/C20H13N5O2S/c1-2-4-13(5-3-1)14-8-9-21-17(10-14)19(20-24-22-12-26-20)27-15-6-7-16-18(11-15)28-25-23-16/h1-12,19H. The van der Waals surface area contributed by atoms with Crippen molar-refractivity contribution in [1.29, 1.82) is 0 Å². The fraction of sp³-hybridized carbons (Fsp3) is 0.0500. The van der Waals surface area contributed by atoms with Crippen LogP contribution in [0.3, 0.4) is 0 Å². The van der Waals surface area contributed by atoms with Gasteiger partial charge in [-0.1, -0.05) is 34.8 Å². The summed E-state index contributed by atoms with van der Waals surface area (Å²) in [6.07, 6.45) is 2.40. The topological polar surface area (TPSA) is 86.8 Å². The summed E-state index contributed by atoms with van der Waals surface area (Å²) >= 11 is 1.31. The smallest absolute Gasteiger partial charge is 0.263 e. The van der Waals surface area contributed by atoms with E-state index in [1.165, 1.54) is 17.9 Å². The van der Waals surface area contributed by atoms with Gasteiger partial charge in [-0.25, -0.2) is 0 Å². The molecule has 8 heteroatoms. The second-order valence-electron chi connectivity index (χ2n) is 6.01. The molecule has 28 heavy (non-hydrogen) atoms. The zero-order valence-electron chi connectivity index (χ0n) is 14.5. The zero-order chi connectivity index (χ0) is 18.8. The first kappa shape index (κ1) is 16.5. The van der Waals surface area contributed by atoms with Gasteiger partial charge in [0.05, 0.1) is 10.4 Å². The number of nitrogens with zero attached hydrogens (tertiary/aromatic N) is 5. The van der Waals surface area contributed by atoms with E-state index in [9.17, 15) is 0 Å². The highest BCUT2D eigenvalue weighted by atomic mass is 32.1. The monoisotopic (exact) mass is 387 g/mol. The summed E-state index contributed by atoms with van der Waals surface area (Å²) in [4.78, 5) is 4.49. The van der Waals surface area contributed by atoms with Crippen LogP contribution in [0.15, 0.2) is 77.7 Å². The Morgan fingerprint density at radius 2 is 1.86 bits per heavy atom. The summed E-state index contributed by atoms with van der Waals surface area (Å²) in [5.41, 5.74) is 3.62. The molecule has 3 heterocycles. The molecule has 0 saturated carbocycles. The van der Waals surface area contributed by atoms with Crippen LogP contribution in [0.25, 0.3) is 21.3 Å². The molecule has 0 N–H and O–H groups in total. The molecule has 7 nitrogen and oxygen atoms in total. The molecule has 0 saturated heterocycles. The van der Waals surface area contributed by atoms with Crippen molar-refractivity contribution in [2.24, 2.45) is 0 Å². The van der Waals surface area contributed by atoms with E-state index in [2.05, 4.69) is 24.8 Å². The molecular weight excluding hydrogens is 374 g/mol. The van der Waals surface area contributed by atoms with Crippen molar-refractivity contribution in [3.05, 3.63) is 84.8 Å². The Balaban J connectivity index is 1.54. The Morgan fingerprint density at radius 3 is 2.71 bits per heavy atom.